The first kappa shape index (κ1) is 21.3. The van der Waals surface area contributed by atoms with Gasteiger partial charge in [-0.1, -0.05) is 18.0 Å². The van der Waals surface area contributed by atoms with Crippen LogP contribution < -0.4 is 5.32 Å². The highest BCUT2D eigenvalue weighted by Gasteiger charge is 2.25. The molecule has 0 bridgehead atoms. The highest BCUT2D eigenvalue weighted by molar-refractivity contribution is 7.91. The smallest absolute Gasteiger partial charge is 0.261 e. The Morgan fingerprint density at radius 3 is 2.54 bits per heavy atom. The average molecular weight is 441 g/mol. The Morgan fingerprint density at radius 2 is 1.86 bits per heavy atom. The number of halogens is 1. The van der Waals surface area contributed by atoms with E-state index in [9.17, 15) is 13.2 Å². The monoisotopic (exact) mass is 440 g/mol. The van der Waals surface area contributed by atoms with Crippen LogP contribution in [0.3, 0.4) is 0 Å². The third-order valence-corrected chi connectivity index (χ3v) is 8.38. The molecule has 0 saturated carbocycles. The van der Waals surface area contributed by atoms with E-state index in [0.717, 1.165) is 26.1 Å². The highest BCUT2D eigenvalue weighted by Crippen LogP contribution is 2.31. The molecule has 0 atom stereocenters. The summed E-state index contributed by atoms with van der Waals surface area (Å²) in [5.74, 6) is -0.210. The standard InChI is InChI=1S/C20H25ClN2O3S2/c1-15-18(28(25,26)17-8-6-16(21)7-9-17)14-27-19(15)20(24)22-10-5-13-23-11-3-2-4-12-23/h6-9,14H,2-5,10-13H2,1H3,(H,22,24). The van der Waals surface area contributed by atoms with Crippen LogP contribution in [0.15, 0.2) is 39.4 Å². The van der Waals surface area contributed by atoms with Crippen molar-refractivity contribution in [3.05, 3.63) is 45.1 Å². The number of amides is 1. The number of rotatable bonds is 7. The molecule has 1 aromatic heterocycles. The molecular weight excluding hydrogens is 416 g/mol. The topological polar surface area (TPSA) is 66.5 Å². The first-order valence-electron chi connectivity index (χ1n) is 9.49. The number of carbonyl (C=O) groups excluding carboxylic acids is 1. The summed E-state index contributed by atoms with van der Waals surface area (Å²) in [6.07, 6.45) is 4.72. The van der Waals surface area contributed by atoms with Gasteiger partial charge in [-0.25, -0.2) is 8.42 Å². The zero-order chi connectivity index (χ0) is 20.1. The molecule has 0 aliphatic carbocycles. The normalized spacial score (nSPS) is 15.5. The van der Waals surface area contributed by atoms with Crippen LogP contribution in [0.5, 0.6) is 0 Å². The molecule has 8 heteroatoms. The molecule has 2 aromatic rings. The molecule has 1 fully saturated rings. The van der Waals surface area contributed by atoms with Gasteiger partial charge in [0.25, 0.3) is 5.91 Å². The van der Waals surface area contributed by atoms with Crippen LogP contribution in [0, 0.1) is 6.92 Å². The van der Waals surface area contributed by atoms with Crippen LogP contribution in [0.2, 0.25) is 5.02 Å². The lowest BCUT2D eigenvalue weighted by Crippen LogP contribution is -2.33. The van der Waals surface area contributed by atoms with Crippen molar-refractivity contribution >= 4 is 38.7 Å². The van der Waals surface area contributed by atoms with Crippen LogP contribution in [0.25, 0.3) is 0 Å². The van der Waals surface area contributed by atoms with Crippen molar-refractivity contribution in [2.75, 3.05) is 26.2 Å². The molecule has 5 nitrogen and oxygen atoms in total. The van der Waals surface area contributed by atoms with Crippen molar-refractivity contribution in [3.63, 3.8) is 0 Å². The van der Waals surface area contributed by atoms with Crippen LogP contribution in [-0.4, -0.2) is 45.4 Å². The van der Waals surface area contributed by atoms with Crippen molar-refractivity contribution in [3.8, 4) is 0 Å². The number of piperidine rings is 1. The second-order valence-electron chi connectivity index (χ2n) is 7.02. The van der Waals surface area contributed by atoms with Gasteiger partial charge in [-0.3, -0.25) is 4.79 Å². The van der Waals surface area contributed by atoms with Crippen molar-refractivity contribution in [1.29, 1.82) is 0 Å². The maximum absolute atomic E-state index is 12.9. The molecule has 1 aromatic carbocycles. The summed E-state index contributed by atoms with van der Waals surface area (Å²) >= 11 is 7.01. The molecule has 1 saturated heterocycles. The second-order valence-corrected chi connectivity index (χ2v) is 10.3. The Hall–Kier alpha value is -1.41. The van der Waals surface area contributed by atoms with E-state index in [1.54, 1.807) is 24.4 Å². The van der Waals surface area contributed by atoms with E-state index in [1.165, 1.54) is 42.7 Å². The predicted molar refractivity (Wildman–Crippen MR) is 113 cm³/mol. The number of thiophene rings is 1. The molecule has 1 aliphatic rings. The Morgan fingerprint density at radius 1 is 1.18 bits per heavy atom. The van der Waals surface area contributed by atoms with Gasteiger partial charge < -0.3 is 10.2 Å². The molecular formula is C20H25ClN2O3S2. The van der Waals surface area contributed by atoms with E-state index in [-0.39, 0.29) is 15.7 Å². The van der Waals surface area contributed by atoms with E-state index >= 15 is 0 Å². The summed E-state index contributed by atoms with van der Waals surface area (Å²) in [4.78, 5) is 15.7. The fourth-order valence-corrected chi connectivity index (χ4v) is 6.36. The molecule has 3 rings (SSSR count). The van der Waals surface area contributed by atoms with Gasteiger partial charge in [0.1, 0.15) is 0 Å². The van der Waals surface area contributed by atoms with Crippen molar-refractivity contribution in [2.45, 2.75) is 42.4 Å². The number of sulfone groups is 1. The summed E-state index contributed by atoms with van der Waals surface area (Å²) in [6, 6.07) is 6.06. The number of nitrogens with one attached hydrogen (secondary N) is 1. The fraction of sp³-hybridized carbons (Fsp3) is 0.450. The second kappa shape index (κ2) is 9.39. The molecule has 152 valence electrons. The Labute approximate surface area is 175 Å². The lowest BCUT2D eigenvalue weighted by Gasteiger charge is -2.26. The summed E-state index contributed by atoms with van der Waals surface area (Å²) in [7, 11) is -3.67. The largest absolute Gasteiger partial charge is 0.351 e. The van der Waals surface area contributed by atoms with E-state index in [0.29, 0.717) is 22.0 Å². The number of hydrogen-bond donors (Lipinski definition) is 1. The van der Waals surface area contributed by atoms with E-state index in [2.05, 4.69) is 10.2 Å². The first-order chi connectivity index (χ1) is 13.4. The number of hydrogen-bond acceptors (Lipinski definition) is 5. The molecule has 28 heavy (non-hydrogen) atoms. The Balaban J connectivity index is 1.61. The number of nitrogens with zero attached hydrogens (tertiary/aromatic N) is 1. The molecule has 1 aliphatic heterocycles. The third-order valence-electron chi connectivity index (χ3n) is 5.00. The predicted octanol–water partition coefficient (Wildman–Crippen LogP) is 4.15. The highest BCUT2D eigenvalue weighted by atomic mass is 35.5. The van der Waals surface area contributed by atoms with Crippen molar-refractivity contribution < 1.29 is 13.2 Å². The maximum Gasteiger partial charge on any atom is 0.261 e. The molecule has 0 radical (unpaired) electrons. The van der Waals surface area contributed by atoms with E-state index in [4.69, 9.17) is 11.6 Å². The van der Waals surface area contributed by atoms with E-state index in [1.807, 2.05) is 0 Å². The van der Waals surface area contributed by atoms with Crippen LogP contribution >= 0.6 is 22.9 Å². The molecule has 0 unspecified atom stereocenters. The first-order valence-corrected chi connectivity index (χ1v) is 12.2. The lowest BCUT2D eigenvalue weighted by molar-refractivity contribution is 0.0954. The van der Waals surface area contributed by atoms with Gasteiger partial charge in [0.15, 0.2) is 0 Å². The molecule has 1 amide bonds. The minimum atomic E-state index is -3.67. The summed E-state index contributed by atoms with van der Waals surface area (Å²) in [5, 5.41) is 4.94. The quantitative estimate of drug-likeness (QED) is 0.657. The van der Waals surface area contributed by atoms with Crippen molar-refractivity contribution in [1.82, 2.24) is 10.2 Å². The average Bonchev–Trinajstić information content (AvgIpc) is 3.08. The van der Waals surface area contributed by atoms with Gasteiger partial charge in [-0.2, -0.15) is 0 Å². The van der Waals surface area contributed by atoms with Gasteiger partial charge in [-0.05, 0) is 75.6 Å². The van der Waals surface area contributed by atoms with Gasteiger partial charge >= 0.3 is 0 Å². The summed E-state index contributed by atoms with van der Waals surface area (Å²) < 4.78 is 25.7. The number of carbonyl (C=O) groups is 1. The Bertz CT molecular complexity index is 917. The van der Waals surface area contributed by atoms with Crippen LogP contribution in [0.1, 0.15) is 40.9 Å². The number of benzene rings is 1. The Kier molecular flexibility index (Phi) is 7.15. The molecule has 2 heterocycles. The van der Waals surface area contributed by atoms with E-state index < -0.39 is 9.84 Å². The SMILES string of the molecule is Cc1c(S(=O)(=O)c2ccc(Cl)cc2)csc1C(=O)NCCCN1CCCCC1. The van der Waals surface area contributed by atoms with Crippen molar-refractivity contribution in [2.24, 2.45) is 0 Å². The van der Waals surface area contributed by atoms with Gasteiger partial charge in [0.2, 0.25) is 9.84 Å². The summed E-state index contributed by atoms with van der Waals surface area (Å²) in [6.45, 7) is 5.54. The number of likely N-dealkylation sites (tertiary alicyclic amines) is 1. The zero-order valence-electron chi connectivity index (χ0n) is 15.9. The third kappa shape index (κ3) is 4.95. The zero-order valence-corrected chi connectivity index (χ0v) is 18.3. The van der Waals surface area contributed by atoms with Crippen LogP contribution in [-0.2, 0) is 9.84 Å². The van der Waals surface area contributed by atoms with Gasteiger partial charge in [0.05, 0.1) is 14.7 Å². The van der Waals surface area contributed by atoms with Gasteiger partial charge in [0, 0.05) is 16.9 Å². The minimum Gasteiger partial charge on any atom is -0.351 e. The molecule has 0 spiro atoms. The molecule has 1 N–H and O–H groups in total. The van der Waals surface area contributed by atoms with Gasteiger partial charge in [-0.15, -0.1) is 11.3 Å². The lowest BCUT2D eigenvalue weighted by atomic mass is 10.1. The summed E-state index contributed by atoms with van der Waals surface area (Å²) in [5.41, 5.74) is 0.494. The van der Waals surface area contributed by atoms with Crippen LogP contribution in [0.4, 0.5) is 0 Å². The minimum absolute atomic E-state index is 0.172. The maximum atomic E-state index is 12.9. The fourth-order valence-electron chi connectivity index (χ4n) is 3.40.